The predicted octanol–water partition coefficient (Wildman–Crippen LogP) is 3.65. The summed E-state index contributed by atoms with van der Waals surface area (Å²) >= 11 is 6.35. The normalized spacial score (nSPS) is 14.5. The minimum atomic E-state index is -0.552. The van der Waals surface area contributed by atoms with Crippen molar-refractivity contribution in [2.75, 3.05) is 42.8 Å². The number of hydrogen-bond acceptors (Lipinski definition) is 7. The number of carbonyl (C=O) groups is 1. The first-order chi connectivity index (χ1) is 14.0. The SMILES string of the molecule is CN(C)c1cc2c(cc1Cl)NC(=O)Nc1cnc(C#N)c(n1)OCCCCCO2. The van der Waals surface area contributed by atoms with Gasteiger partial charge in [0, 0.05) is 20.2 Å². The molecule has 1 aliphatic rings. The van der Waals surface area contributed by atoms with E-state index in [1.165, 1.54) is 6.20 Å². The number of fused-ring (bicyclic) bond motifs is 3. The highest BCUT2D eigenvalue weighted by Crippen LogP contribution is 2.36. The maximum atomic E-state index is 12.5. The smallest absolute Gasteiger partial charge is 0.325 e. The monoisotopic (exact) mass is 416 g/mol. The van der Waals surface area contributed by atoms with Gasteiger partial charge in [-0.15, -0.1) is 0 Å². The van der Waals surface area contributed by atoms with Gasteiger partial charge in [0.2, 0.25) is 5.69 Å². The lowest BCUT2D eigenvalue weighted by molar-refractivity contribution is 0.261. The highest BCUT2D eigenvalue weighted by atomic mass is 35.5. The van der Waals surface area contributed by atoms with E-state index in [9.17, 15) is 4.79 Å². The number of ether oxygens (including phenoxy) is 2. The van der Waals surface area contributed by atoms with Crippen molar-refractivity contribution in [3.63, 3.8) is 0 Å². The van der Waals surface area contributed by atoms with Gasteiger partial charge in [-0.2, -0.15) is 10.2 Å². The summed E-state index contributed by atoms with van der Waals surface area (Å²) in [6.07, 6.45) is 3.72. The molecule has 0 saturated heterocycles. The maximum Gasteiger partial charge on any atom is 0.325 e. The second-order valence-corrected chi connectivity index (χ2v) is 6.96. The Morgan fingerprint density at radius 1 is 1.17 bits per heavy atom. The number of aromatic nitrogens is 2. The van der Waals surface area contributed by atoms with Crippen LogP contribution in [-0.2, 0) is 0 Å². The zero-order valence-electron chi connectivity index (χ0n) is 16.2. The lowest BCUT2D eigenvalue weighted by Crippen LogP contribution is -2.21. The summed E-state index contributed by atoms with van der Waals surface area (Å²) in [7, 11) is 3.75. The Kier molecular flexibility index (Phi) is 6.57. The van der Waals surface area contributed by atoms with Crippen molar-refractivity contribution in [2.24, 2.45) is 0 Å². The van der Waals surface area contributed by atoms with Crippen LogP contribution in [0.2, 0.25) is 5.02 Å². The Labute approximate surface area is 173 Å². The first-order valence-electron chi connectivity index (χ1n) is 9.09. The fourth-order valence-electron chi connectivity index (χ4n) is 2.71. The van der Waals surface area contributed by atoms with Gasteiger partial charge in [-0.3, -0.25) is 5.32 Å². The number of nitrogens with zero attached hydrogens (tertiary/aromatic N) is 4. The quantitative estimate of drug-likeness (QED) is 0.729. The zero-order chi connectivity index (χ0) is 20.8. The third-order valence-electron chi connectivity index (χ3n) is 4.15. The van der Waals surface area contributed by atoms with Gasteiger partial charge in [-0.1, -0.05) is 11.6 Å². The summed E-state index contributed by atoms with van der Waals surface area (Å²) < 4.78 is 11.5. The number of carbonyl (C=O) groups excluding carboxylic acids is 1. The molecule has 1 aliphatic heterocycles. The molecule has 0 saturated carbocycles. The van der Waals surface area contributed by atoms with Gasteiger partial charge in [0.25, 0.3) is 5.88 Å². The molecule has 0 radical (unpaired) electrons. The second-order valence-electron chi connectivity index (χ2n) is 6.55. The van der Waals surface area contributed by atoms with Gasteiger partial charge in [0.15, 0.2) is 5.82 Å². The molecule has 1 aromatic carbocycles. The molecule has 3 rings (SSSR count). The van der Waals surface area contributed by atoms with E-state index < -0.39 is 6.03 Å². The Bertz CT molecular complexity index is 944. The lowest BCUT2D eigenvalue weighted by Gasteiger charge is -2.19. The van der Waals surface area contributed by atoms with Crippen molar-refractivity contribution >= 4 is 34.8 Å². The highest BCUT2D eigenvalue weighted by Gasteiger charge is 2.16. The molecule has 0 spiro atoms. The number of amides is 2. The number of benzene rings is 1. The molecule has 2 bridgehead atoms. The van der Waals surface area contributed by atoms with Gasteiger partial charge in [-0.05, 0) is 25.3 Å². The number of rotatable bonds is 1. The molecule has 2 heterocycles. The Hall–Kier alpha value is -3.25. The summed E-state index contributed by atoms with van der Waals surface area (Å²) in [5.74, 6) is 0.770. The molecule has 2 amide bonds. The van der Waals surface area contributed by atoms with Gasteiger partial charge < -0.3 is 19.7 Å². The van der Waals surface area contributed by atoms with Crippen LogP contribution in [0.15, 0.2) is 18.3 Å². The second kappa shape index (κ2) is 9.30. The summed E-state index contributed by atoms with van der Waals surface area (Å²) in [5, 5.41) is 14.9. The van der Waals surface area contributed by atoms with Gasteiger partial charge >= 0.3 is 6.03 Å². The molecule has 0 fully saturated rings. The molecule has 2 N–H and O–H groups in total. The average Bonchev–Trinajstić information content (AvgIpc) is 2.68. The molecule has 0 unspecified atom stereocenters. The van der Waals surface area contributed by atoms with E-state index in [1.54, 1.807) is 12.1 Å². The number of urea groups is 1. The van der Waals surface area contributed by atoms with Gasteiger partial charge in [-0.25, -0.2) is 9.78 Å². The molecule has 10 heteroatoms. The molecule has 0 aliphatic carbocycles. The van der Waals surface area contributed by atoms with Crippen LogP contribution in [0.4, 0.5) is 22.0 Å². The minimum Gasteiger partial charge on any atom is -0.491 e. The predicted molar refractivity (Wildman–Crippen MR) is 110 cm³/mol. The minimum absolute atomic E-state index is 0.0666. The van der Waals surface area contributed by atoms with Gasteiger partial charge in [0.05, 0.1) is 35.8 Å². The van der Waals surface area contributed by atoms with Crippen LogP contribution < -0.4 is 25.0 Å². The van der Waals surface area contributed by atoms with E-state index in [4.69, 9.17) is 26.3 Å². The number of halogens is 1. The first-order valence-corrected chi connectivity index (χ1v) is 9.47. The molecule has 0 atom stereocenters. The molecule has 29 heavy (non-hydrogen) atoms. The molecular weight excluding hydrogens is 396 g/mol. The van der Waals surface area contributed by atoms with Crippen molar-refractivity contribution in [2.45, 2.75) is 19.3 Å². The fraction of sp³-hybridized carbons (Fsp3) is 0.368. The van der Waals surface area contributed by atoms with E-state index in [0.29, 0.717) is 29.7 Å². The third kappa shape index (κ3) is 5.18. The Morgan fingerprint density at radius 3 is 2.66 bits per heavy atom. The molecule has 2 aromatic rings. The fourth-order valence-corrected chi connectivity index (χ4v) is 3.05. The summed E-state index contributed by atoms with van der Waals surface area (Å²) in [5.41, 5.74) is 1.28. The number of hydrogen-bond donors (Lipinski definition) is 2. The van der Waals surface area contributed by atoms with Gasteiger partial charge in [0.1, 0.15) is 11.8 Å². The topological polar surface area (TPSA) is 112 Å². The standard InChI is InChI=1S/C19H21ClN6O3/c1-26(2)15-9-16-13(8-12(15)20)23-19(27)25-17-11-22-14(10-21)18(24-17)29-7-5-3-4-6-28-16/h8-9,11H,3-7H2,1-2H3,(H2,23,24,25,27). The molecule has 1 aromatic heterocycles. The van der Waals surface area contributed by atoms with Crippen molar-refractivity contribution in [1.29, 1.82) is 5.26 Å². The summed E-state index contributed by atoms with van der Waals surface area (Å²) in [6, 6.07) is 4.81. The van der Waals surface area contributed by atoms with E-state index in [-0.39, 0.29) is 17.4 Å². The van der Waals surface area contributed by atoms with E-state index in [1.807, 2.05) is 25.1 Å². The van der Waals surface area contributed by atoms with E-state index >= 15 is 0 Å². The van der Waals surface area contributed by atoms with Crippen LogP contribution in [-0.4, -0.2) is 43.3 Å². The third-order valence-corrected chi connectivity index (χ3v) is 4.45. The lowest BCUT2D eigenvalue weighted by atomic mass is 10.2. The highest BCUT2D eigenvalue weighted by molar-refractivity contribution is 6.33. The van der Waals surface area contributed by atoms with Crippen molar-refractivity contribution in [3.05, 3.63) is 29.0 Å². The van der Waals surface area contributed by atoms with E-state index in [0.717, 1.165) is 24.9 Å². The largest absolute Gasteiger partial charge is 0.491 e. The van der Waals surface area contributed by atoms with Crippen LogP contribution in [0.25, 0.3) is 0 Å². The van der Waals surface area contributed by atoms with E-state index in [2.05, 4.69) is 20.6 Å². The van der Waals surface area contributed by atoms with Crippen LogP contribution in [0.3, 0.4) is 0 Å². The Morgan fingerprint density at radius 2 is 1.93 bits per heavy atom. The Balaban J connectivity index is 1.91. The van der Waals surface area contributed by atoms with Crippen molar-refractivity contribution in [1.82, 2.24) is 9.97 Å². The average molecular weight is 417 g/mol. The van der Waals surface area contributed by atoms with Crippen LogP contribution in [0, 0.1) is 11.3 Å². The summed E-state index contributed by atoms with van der Waals surface area (Å²) in [6.45, 7) is 0.859. The first kappa shape index (κ1) is 20.5. The zero-order valence-corrected chi connectivity index (χ0v) is 16.9. The van der Waals surface area contributed by atoms with Crippen molar-refractivity contribution < 1.29 is 14.3 Å². The molecule has 9 nitrogen and oxygen atoms in total. The van der Waals surface area contributed by atoms with Crippen LogP contribution in [0.5, 0.6) is 11.6 Å². The maximum absolute atomic E-state index is 12.5. The molecular formula is C19H21ClN6O3. The summed E-state index contributed by atoms with van der Waals surface area (Å²) in [4.78, 5) is 22.5. The number of nitriles is 1. The van der Waals surface area contributed by atoms with Crippen LogP contribution in [0.1, 0.15) is 25.0 Å². The number of nitrogens with one attached hydrogen (secondary N) is 2. The molecule has 152 valence electrons. The van der Waals surface area contributed by atoms with Crippen molar-refractivity contribution in [3.8, 4) is 17.7 Å². The van der Waals surface area contributed by atoms with Crippen LogP contribution >= 0.6 is 11.6 Å². The number of anilines is 3.